The van der Waals surface area contributed by atoms with E-state index < -0.39 is 0 Å². The fourth-order valence-electron chi connectivity index (χ4n) is 3.38. The first-order valence-electron chi connectivity index (χ1n) is 9.35. The maximum Gasteiger partial charge on any atom is 0.188 e. The molecule has 0 atom stereocenters. The summed E-state index contributed by atoms with van der Waals surface area (Å²) >= 11 is 1.82. The van der Waals surface area contributed by atoms with E-state index in [0.29, 0.717) is 5.92 Å². The van der Waals surface area contributed by atoms with Gasteiger partial charge in [-0.3, -0.25) is 0 Å². The third-order valence-electron chi connectivity index (χ3n) is 5.42. The highest BCUT2D eigenvalue weighted by molar-refractivity contribution is 7.20. The van der Waals surface area contributed by atoms with Crippen LogP contribution in [0.5, 0.6) is 0 Å². The van der Waals surface area contributed by atoms with E-state index in [4.69, 9.17) is 0 Å². The van der Waals surface area contributed by atoms with Crippen LogP contribution in [0.1, 0.15) is 57.5 Å². The molecule has 0 radical (unpaired) electrons. The number of fused-ring (bicyclic) bond motifs is 6. The van der Waals surface area contributed by atoms with Crippen LogP contribution in [-0.4, -0.2) is 20.0 Å². The van der Waals surface area contributed by atoms with Crippen molar-refractivity contribution in [3.05, 3.63) is 34.2 Å². The van der Waals surface area contributed by atoms with Crippen LogP contribution in [-0.2, 0) is 5.41 Å². The molecule has 0 aliphatic heterocycles. The van der Waals surface area contributed by atoms with Gasteiger partial charge in [-0.1, -0.05) is 53.2 Å². The van der Waals surface area contributed by atoms with Crippen molar-refractivity contribution in [3.8, 4) is 0 Å². The Morgan fingerprint density at radius 2 is 1.77 bits per heavy atom. The molecule has 0 bridgehead atoms. The molecular weight excluding hydrogens is 340 g/mol. The largest absolute Gasteiger partial charge is 0.191 e. The van der Waals surface area contributed by atoms with Gasteiger partial charge in [0.15, 0.2) is 5.65 Å². The Labute approximate surface area is 159 Å². The predicted molar refractivity (Wildman–Crippen MR) is 112 cm³/mol. The number of nitrogens with zero attached hydrogens (tertiary/aromatic N) is 4. The minimum atomic E-state index is 0.0384. The van der Waals surface area contributed by atoms with Gasteiger partial charge in [0.05, 0.1) is 10.2 Å². The van der Waals surface area contributed by atoms with E-state index in [1.54, 1.807) is 0 Å². The van der Waals surface area contributed by atoms with Crippen LogP contribution in [0.3, 0.4) is 0 Å². The molecule has 0 saturated heterocycles. The summed E-state index contributed by atoms with van der Waals surface area (Å²) in [4.78, 5) is 1.28. The molecule has 0 fully saturated rings. The molecule has 4 nitrogen and oxygen atoms in total. The number of aryl methyl sites for hydroxylation is 2. The summed E-state index contributed by atoms with van der Waals surface area (Å²) in [6.07, 6.45) is 0. The Kier molecular flexibility index (Phi) is 4.78. The minimum absolute atomic E-state index is 0.0384. The molecule has 1 aromatic carbocycles. The minimum Gasteiger partial charge on any atom is -0.191 e. The highest BCUT2D eigenvalue weighted by atomic mass is 32.1. The van der Waals surface area contributed by atoms with Crippen LogP contribution in [0.2, 0.25) is 0 Å². The summed E-state index contributed by atoms with van der Waals surface area (Å²) < 4.78 is 3.17. The van der Waals surface area contributed by atoms with Gasteiger partial charge in [-0.2, -0.15) is 4.52 Å². The van der Waals surface area contributed by atoms with Crippen molar-refractivity contribution in [2.45, 2.75) is 60.8 Å². The van der Waals surface area contributed by atoms with E-state index in [1.165, 1.54) is 31.5 Å². The standard InChI is InChI=1S/C19H22N4S.C2H6/c1-10(2)19(5,6)14-8-11(3)7-13-16(14)18-20-21-22-23(18)15-9-12(4)24-17(13)15;1-2/h7-10H,1-6H3;1-2H3. The third-order valence-corrected chi connectivity index (χ3v) is 6.49. The topological polar surface area (TPSA) is 43.1 Å². The van der Waals surface area contributed by atoms with Gasteiger partial charge in [0, 0.05) is 15.6 Å². The van der Waals surface area contributed by atoms with E-state index in [9.17, 15) is 0 Å². The van der Waals surface area contributed by atoms with E-state index in [-0.39, 0.29) is 5.41 Å². The Hall–Kier alpha value is -2.01. The van der Waals surface area contributed by atoms with Gasteiger partial charge in [-0.05, 0) is 53.3 Å². The summed E-state index contributed by atoms with van der Waals surface area (Å²) in [5.74, 6) is 0.513. The summed E-state index contributed by atoms with van der Waals surface area (Å²) in [5, 5.41) is 15.1. The summed E-state index contributed by atoms with van der Waals surface area (Å²) in [5.41, 5.74) is 4.62. The lowest BCUT2D eigenvalue weighted by molar-refractivity contribution is 0.375. The van der Waals surface area contributed by atoms with E-state index in [1.807, 2.05) is 29.7 Å². The maximum atomic E-state index is 4.38. The van der Waals surface area contributed by atoms with Crippen molar-refractivity contribution in [3.63, 3.8) is 0 Å². The van der Waals surface area contributed by atoms with Crippen LogP contribution in [0.15, 0.2) is 18.2 Å². The smallest absolute Gasteiger partial charge is 0.188 e. The lowest BCUT2D eigenvalue weighted by Crippen LogP contribution is -2.25. The molecule has 5 heteroatoms. The molecular formula is C21H28N4S. The van der Waals surface area contributed by atoms with Crippen molar-refractivity contribution in [2.75, 3.05) is 0 Å². The first-order valence-corrected chi connectivity index (χ1v) is 10.2. The van der Waals surface area contributed by atoms with E-state index in [0.717, 1.165) is 11.2 Å². The number of rotatable bonds is 2. The molecule has 3 heterocycles. The quantitative estimate of drug-likeness (QED) is 0.431. The summed E-state index contributed by atoms with van der Waals surface area (Å²) in [6.45, 7) is 17.5. The Morgan fingerprint density at radius 1 is 1.08 bits per heavy atom. The fraction of sp³-hybridized carbons (Fsp3) is 0.476. The molecule has 0 spiro atoms. The van der Waals surface area contributed by atoms with Gasteiger partial charge in [0.25, 0.3) is 0 Å². The normalized spacial score (nSPS) is 12.2. The van der Waals surface area contributed by atoms with Crippen LogP contribution < -0.4 is 0 Å². The fourth-order valence-corrected chi connectivity index (χ4v) is 4.40. The monoisotopic (exact) mass is 368 g/mol. The van der Waals surface area contributed by atoms with Gasteiger partial charge < -0.3 is 0 Å². The third kappa shape index (κ3) is 2.69. The van der Waals surface area contributed by atoms with Gasteiger partial charge >= 0.3 is 0 Å². The zero-order valence-electron chi connectivity index (χ0n) is 17.0. The highest BCUT2D eigenvalue weighted by Gasteiger charge is 2.29. The zero-order chi connectivity index (χ0) is 19.2. The lowest BCUT2D eigenvalue weighted by Gasteiger charge is -2.31. The number of benzene rings is 1. The number of pyridine rings is 1. The molecule has 138 valence electrons. The molecule has 0 aliphatic rings. The second kappa shape index (κ2) is 6.62. The number of aromatic nitrogens is 4. The van der Waals surface area contributed by atoms with Crippen molar-refractivity contribution in [1.29, 1.82) is 0 Å². The molecule has 0 N–H and O–H groups in total. The SMILES string of the molecule is CC.Cc1cc(C(C)(C)C(C)C)c2c(c1)c1sc(C)cc1n1nnnc21. The second-order valence-electron chi connectivity index (χ2n) is 7.60. The van der Waals surface area contributed by atoms with Crippen LogP contribution in [0, 0.1) is 19.8 Å². The Morgan fingerprint density at radius 3 is 2.42 bits per heavy atom. The van der Waals surface area contributed by atoms with Gasteiger partial charge in [0.2, 0.25) is 0 Å². The Balaban J connectivity index is 0.000000948. The van der Waals surface area contributed by atoms with Crippen molar-refractivity contribution >= 4 is 38.0 Å². The Bertz CT molecular complexity index is 1090. The van der Waals surface area contributed by atoms with Crippen molar-refractivity contribution in [1.82, 2.24) is 20.0 Å². The number of hydrogen-bond donors (Lipinski definition) is 0. The van der Waals surface area contributed by atoms with Gasteiger partial charge in [-0.15, -0.1) is 16.4 Å². The summed E-state index contributed by atoms with van der Waals surface area (Å²) in [6, 6.07) is 6.77. The second-order valence-corrected chi connectivity index (χ2v) is 8.85. The summed E-state index contributed by atoms with van der Waals surface area (Å²) in [7, 11) is 0. The molecule has 0 unspecified atom stereocenters. The first-order chi connectivity index (χ1) is 12.3. The maximum absolute atomic E-state index is 4.38. The van der Waals surface area contributed by atoms with E-state index >= 15 is 0 Å². The first kappa shape index (κ1) is 18.8. The molecule has 0 saturated carbocycles. The highest BCUT2D eigenvalue weighted by Crippen LogP contribution is 2.42. The van der Waals surface area contributed by atoms with Crippen molar-refractivity contribution in [2.24, 2.45) is 5.92 Å². The molecule has 26 heavy (non-hydrogen) atoms. The zero-order valence-corrected chi connectivity index (χ0v) is 17.8. The van der Waals surface area contributed by atoms with Crippen LogP contribution in [0.25, 0.3) is 26.6 Å². The van der Waals surface area contributed by atoms with Crippen LogP contribution in [0.4, 0.5) is 0 Å². The number of tetrazole rings is 1. The molecule has 0 aliphatic carbocycles. The molecule has 4 rings (SSSR count). The average Bonchev–Trinajstić information content (AvgIpc) is 3.21. The van der Waals surface area contributed by atoms with Gasteiger partial charge in [0.1, 0.15) is 0 Å². The predicted octanol–water partition coefficient (Wildman–Crippen LogP) is 6.07. The van der Waals surface area contributed by atoms with Crippen LogP contribution >= 0.6 is 11.3 Å². The number of thiophene rings is 1. The lowest BCUT2D eigenvalue weighted by atomic mass is 9.73. The average molecular weight is 369 g/mol. The van der Waals surface area contributed by atoms with E-state index in [2.05, 4.69) is 75.3 Å². The van der Waals surface area contributed by atoms with Crippen molar-refractivity contribution < 1.29 is 0 Å². The number of hydrogen-bond acceptors (Lipinski definition) is 4. The van der Waals surface area contributed by atoms with Gasteiger partial charge in [-0.25, -0.2) is 0 Å². The molecule has 4 aromatic rings. The molecule has 0 amide bonds. The molecule has 3 aromatic heterocycles.